The lowest BCUT2D eigenvalue weighted by Gasteiger charge is -2.34. The molecular formula is C57H40N2. The zero-order valence-electron chi connectivity index (χ0n) is 32.6. The fourth-order valence-electron chi connectivity index (χ4n) is 9.26. The number of fused-ring (bicyclic) bond motifs is 6. The summed E-state index contributed by atoms with van der Waals surface area (Å²) >= 11 is 0. The smallest absolute Gasteiger partial charge is 0.0541 e. The van der Waals surface area contributed by atoms with E-state index in [1.807, 2.05) is 12.2 Å². The van der Waals surface area contributed by atoms with E-state index in [1.165, 1.54) is 88.5 Å². The molecular weight excluding hydrogens is 713 g/mol. The number of benzene rings is 9. The molecule has 278 valence electrons. The highest BCUT2D eigenvalue weighted by molar-refractivity contribution is 6.10. The fraction of sp³-hybridized carbons (Fsp3) is 0.0175. The van der Waals surface area contributed by atoms with Gasteiger partial charge < -0.3 is 9.47 Å². The first-order valence-electron chi connectivity index (χ1n) is 20.3. The van der Waals surface area contributed by atoms with Crippen molar-refractivity contribution in [3.63, 3.8) is 0 Å². The molecule has 9 aromatic carbocycles. The molecule has 0 fully saturated rings. The fourth-order valence-corrected chi connectivity index (χ4v) is 9.26. The van der Waals surface area contributed by atoms with Crippen LogP contribution in [0, 0.1) is 0 Å². The van der Waals surface area contributed by atoms with Crippen molar-refractivity contribution >= 4 is 61.8 Å². The number of hydrogen-bond acceptors (Lipinski definition) is 1. The van der Waals surface area contributed by atoms with Crippen molar-refractivity contribution in [3.05, 3.63) is 230 Å². The maximum atomic E-state index is 4.13. The standard InChI is InChI=1S/C57H40N2/c1-3-38-21-29-49(36-39(38)4-2)59-54-30-24-43(33-46(54)35-47-34-45(26-31-55(47)59)51-19-12-16-42-15-8-9-17-50(42)51)41-22-27-48(28-23-41)58-56-20-11-10-18-52(56)53-37-44(25-32-57(53)58)40-13-6-5-7-14-40/h3-34,36-37H,1-2,35H2. The molecule has 0 saturated carbocycles. The van der Waals surface area contributed by atoms with Gasteiger partial charge in [0.25, 0.3) is 0 Å². The largest absolute Gasteiger partial charge is 0.310 e. The Morgan fingerprint density at radius 2 is 0.983 bits per heavy atom. The molecule has 0 bridgehead atoms. The van der Waals surface area contributed by atoms with E-state index in [-0.39, 0.29) is 0 Å². The minimum atomic E-state index is 0.830. The van der Waals surface area contributed by atoms with E-state index in [4.69, 9.17) is 0 Å². The summed E-state index contributed by atoms with van der Waals surface area (Å²) in [6.07, 6.45) is 4.65. The lowest BCUT2D eigenvalue weighted by atomic mass is 9.89. The summed E-state index contributed by atoms with van der Waals surface area (Å²) in [4.78, 5) is 2.42. The van der Waals surface area contributed by atoms with E-state index in [0.29, 0.717) is 0 Å². The second-order valence-electron chi connectivity index (χ2n) is 15.4. The molecule has 10 aromatic rings. The van der Waals surface area contributed by atoms with Crippen molar-refractivity contribution in [2.75, 3.05) is 4.90 Å². The van der Waals surface area contributed by atoms with Gasteiger partial charge in [0, 0.05) is 39.9 Å². The van der Waals surface area contributed by atoms with Crippen molar-refractivity contribution in [2.45, 2.75) is 6.42 Å². The van der Waals surface area contributed by atoms with Crippen molar-refractivity contribution < 1.29 is 0 Å². The number of anilines is 3. The minimum absolute atomic E-state index is 0.830. The zero-order chi connectivity index (χ0) is 39.5. The Hall–Kier alpha value is -7.68. The van der Waals surface area contributed by atoms with Crippen LogP contribution in [0.4, 0.5) is 17.1 Å². The molecule has 2 nitrogen and oxygen atoms in total. The Labute approximate surface area is 344 Å². The van der Waals surface area contributed by atoms with Gasteiger partial charge >= 0.3 is 0 Å². The first-order chi connectivity index (χ1) is 29.1. The third-order valence-corrected chi connectivity index (χ3v) is 12.1. The summed E-state index contributed by atoms with van der Waals surface area (Å²) in [6, 6.07) is 71.1. The van der Waals surface area contributed by atoms with Gasteiger partial charge in [-0.2, -0.15) is 0 Å². The van der Waals surface area contributed by atoms with E-state index in [2.05, 4.69) is 217 Å². The summed E-state index contributed by atoms with van der Waals surface area (Å²) in [5, 5.41) is 5.03. The molecule has 0 aliphatic carbocycles. The highest BCUT2D eigenvalue weighted by Gasteiger charge is 2.26. The molecule has 0 radical (unpaired) electrons. The zero-order valence-corrected chi connectivity index (χ0v) is 32.6. The van der Waals surface area contributed by atoms with Crippen LogP contribution in [-0.2, 0) is 6.42 Å². The van der Waals surface area contributed by atoms with Crippen LogP contribution < -0.4 is 4.90 Å². The Bertz CT molecular complexity index is 3270. The van der Waals surface area contributed by atoms with Gasteiger partial charge in [0.2, 0.25) is 0 Å². The van der Waals surface area contributed by atoms with Crippen LogP contribution in [0.25, 0.3) is 83.8 Å². The molecule has 0 saturated heterocycles. The van der Waals surface area contributed by atoms with Crippen LogP contribution in [0.1, 0.15) is 22.3 Å². The van der Waals surface area contributed by atoms with E-state index in [9.17, 15) is 0 Å². The predicted octanol–water partition coefficient (Wildman–Crippen LogP) is 15.6. The number of hydrogen-bond donors (Lipinski definition) is 0. The van der Waals surface area contributed by atoms with Crippen LogP contribution in [0.3, 0.4) is 0 Å². The van der Waals surface area contributed by atoms with Gasteiger partial charge in [-0.15, -0.1) is 0 Å². The van der Waals surface area contributed by atoms with Crippen molar-refractivity contribution in [2.24, 2.45) is 0 Å². The van der Waals surface area contributed by atoms with Crippen molar-refractivity contribution in [1.82, 2.24) is 4.57 Å². The van der Waals surface area contributed by atoms with E-state index < -0.39 is 0 Å². The van der Waals surface area contributed by atoms with Crippen LogP contribution >= 0.6 is 0 Å². The molecule has 0 unspecified atom stereocenters. The maximum Gasteiger partial charge on any atom is 0.0541 e. The van der Waals surface area contributed by atoms with Crippen molar-refractivity contribution in [1.29, 1.82) is 0 Å². The van der Waals surface area contributed by atoms with Gasteiger partial charge in [-0.1, -0.05) is 153 Å². The van der Waals surface area contributed by atoms with E-state index in [0.717, 1.165) is 28.9 Å². The molecule has 11 rings (SSSR count). The molecule has 59 heavy (non-hydrogen) atoms. The predicted molar refractivity (Wildman–Crippen MR) is 252 cm³/mol. The van der Waals surface area contributed by atoms with Gasteiger partial charge in [-0.25, -0.2) is 0 Å². The quantitative estimate of drug-likeness (QED) is 0.157. The van der Waals surface area contributed by atoms with Gasteiger partial charge in [-0.3, -0.25) is 0 Å². The molecule has 0 spiro atoms. The Kier molecular flexibility index (Phi) is 8.23. The Balaban J connectivity index is 1.00. The normalized spacial score (nSPS) is 12.1. The van der Waals surface area contributed by atoms with Crippen LogP contribution in [0.5, 0.6) is 0 Å². The van der Waals surface area contributed by atoms with Crippen LogP contribution in [-0.4, -0.2) is 4.57 Å². The van der Waals surface area contributed by atoms with Gasteiger partial charge in [0.1, 0.15) is 0 Å². The first kappa shape index (κ1) is 34.6. The lowest BCUT2D eigenvalue weighted by molar-refractivity contribution is 1.09. The monoisotopic (exact) mass is 752 g/mol. The maximum absolute atomic E-state index is 4.13. The molecule has 1 aromatic heterocycles. The van der Waals surface area contributed by atoms with Crippen LogP contribution in [0.15, 0.2) is 207 Å². The second kappa shape index (κ2) is 14.1. The van der Waals surface area contributed by atoms with E-state index in [1.54, 1.807) is 0 Å². The summed E-state index contributed by atoms with van der Waals surface area (Å²) in [6.45, 7) is 8.18. The summed E-state index contributed by atoms with van der Waals surface area (Å²) < 4.78 is 2.40. The number of para-hydroxylation sites is 1. The molecule has 0 atom stereocenters. The minimum Gasteiger partial charge on any atom is -0.310 e. The molecule has 0 amide bonds. The first-order valence-corrected chi connectivity index (χ1v) is 20.3. The molecule has 2 heterocycles. The molecule has 0 N–H and O–H groups in total. The average Bonchev–Trinajstić information content (AvgIpc) is 3.64. The summed E-state index contributed by atoms with van der Waals surface area (Å²) in [7, 11) is 0. The molecule has 1 aliphatic heterocycles. The molecule has 1 aliphatic rings. The lowest BCUT2D eigenvalue weighted by Crippen LogP contribution is -2.19. The Morgan fingerprint density at radius 3 is 1.78 bits per heavy atom. The van der Waals surface area contributed by atoms with Crippen molar-refractivity contribution in [3.8, 4) is 39.1 Å². The average molecular weight is 753 g/mol. The number of nitrogens with zero attached hydrogens (tertiary/aromatic N) is 2. The van der Waals surface area contributed by atoms with Gasteiger partial charge in [0.05, 0.1) is 11.0 Å². The van der Waals surface area contributed by atoms with Gasteiger partial charge in [0.15, 0.2) is 0 Å². The Morgan fingerprint density at radius 1 is 0.390 bits per heavy atom. The topological polar surface area (TPSA) is 8.17 Å². The summed E-state index contributed by atoms with van der Waals surface area (Å²) in [5.41, 5.74) is 19.1. The third kappa shape index (κ3) is 5.80. The highest BCUT2D eigenvalue weighted by atomic mass is 15.2. The number of rotatable bonds is 7. The third-order valence-electron chi connectivity index (χ3n) is 12.1. The van der Waals surface area contributed by atoms with E-state index >= 15 is 0 Å². The highest BCUT2D eigenvalue weighted by Crippen LogP contribution is 2.47. The second-order valence-corrected chi connectivity index (χ2v) is 15.4. The number of aromatic nitrogens is 1. The van der Waals surface area contributed by atoms with Gasteiger partial charge in [-0.05, 0) is 133 Å². The SMILES string of the molecule is C=Cc1ccc(N2c3ccc(-c4ccc(-n5c6ccccc6c6cc(-c7ccccc7)ccc65)cc4)cc3Cc3cc(-c4cccc5ccccc45)ccc32)cc1C=C. The molecule has 2 heteroatoms. The summed E-state index contributed by atoms with van der Waals surface area (Å²) in [5.74, 6) is 0. The van der Waals surface area contributed by atoms with Crippen LogP contribution in [0.2, 0.25) is 0 Å².